The largest absolute Gasteiger partial charge is 0.465 e. The second-order valence-electron chi connectivity index (χ2n) is 6.48. The predicted octanol–water partition coefficient (Wildman–Crippen LogP) is 2.91. The minimum Gasteiger partial charge on any atom is -0.465 e. The van der Waals surface area contributed by atoms with E-state index in [0.29, 0.717) is 18.7 Å². The number of nitrogens with zero attached hydrogens (tertiary/aromatic N) is 3. The minimum absolute atomic E-state index is 0.0623. The molecule has 0 bridgehead atoms. The SMILES string of the molecule is COC(=O)c1cc(F)ccc1NC(=O)N1CCc2[nH]cnc2C1c1ccccn1. The predicted molar refractivity (Wildman–Crippen MR) is 102 cm³/mol. The summed E-state index contributed by atoms with van der Waals surface area (Å²) < 4.78 is 18.3. The van der Waals surface area contributed by atoms with Crippen molar-refractivity contribution in [1.29, 1.82) is 0 Å². The molecule has 2 amide bonds. The van der Waals surface area contributed by atoms with Crippen LogP contribution in [0.1, 0.15) is 33.5 Å². The Morgan fingerprint density at radius 3 is 2.90 bits per heavy atom. The molecular formula is C20H18FN5O3. The molecule has 1 aliphatic heterocycles. The van der Waals surface area contributed by atoms with E-state index in [2.05, 4.69) is 20.3 Å². The highest BCUT2D eigenvalue weighted by Crippen LogP contribution is 2.33. The number of anilines is 1. The Kier molecular flexibility index (Phi) is 4.94. The zero-order valence-corrected chi connectivity index (χ0v) is 15.6. The molecule has 0 saturated heterocycles. The second-order valence-corrected chi connectivity index (χ2v) is 6.48. The smallest absolute Gasteiger partial charge is 0.340 e. The number of amides is 2. The lowest BCUT2D eigenvalue weighted by atomic mass is 9.99. The van der Waals surface area contributed by atoms with Crippen LogP contribution in [0.5, 0.6) is 0 Å². The summed E-state index contributed by atoms with van der Waals surface area (Å²) in [6.45, 7) is 0.414. The van der Waals surface area contributed by atoms with E-state index in [1.54, 1.807) is 23.5 Å². The lowest BCUT2D eigenvalue weighted by Crippen LogP contribution is -2.43. The number of carbonyl (C=O) groups is 2. The highest BCUT2D eigenvalue weighted by molar-refractivity contribution is 6.01. The Labute approximate surface area is 165 Å². The molecule has 1 aliphatic rings. The van der Waals surface area contributed by atoms with Gasteiger partial charge in [-0.1, -0.05) is 6.07 Å². The van der Waals surface area contributed by atoms with Crippen LogP contribution >= 0.6 is 0 Å². The van der Waals surface area contributed by atoms with E-state index in [0.717, 1.165) is 17.5 Å². The van der Waals surface area contributed by atoms with Gasteiger partial charge in [0.05, 0.1) is 36.1 Å². The van der Waals surface area contributed by atoms with E-state index < -0.39 is 23.9 Å². The lowest BCUT2D eigenvalue weighted by molar-refractivity contribution is 0.0601. The molecule has 4 rings (SSSR count). The molecule has 29 heavy (non-hydrogen) atoms. The summed E-state index contributed by atoms with van der Waals surface area (Å²) in [5, 5.41) is 2.70. The Hall–Kier alpha value is -3.75. The number of aromatic nitrogens is 3. The van der Waals surface area contributed by atoms with Gasteiger partial charge < -0.3 is 19.9 Å². The van der Waals surface area contributed by atoms with E-state index in [9.17, 15) is 14.0 Å². The van der Waals surface area contributed by atoms with Crippen LogP contribution in [0.15, 0.2) is 48.9 Å². The number of urea groups is 1. The first-order valence-electron chi connectivity index (χ1n) is 8.97. The standard InChI is InChI=1S/C20H18FN5O3/c1-29-19(27)13-10-12(21)5-6-14(13)25-20(28)26-9-7-15-17(24-11-23-15)18(26)16-4-2-3-8-22-16/h2-6,8,10-11,18H,7,9H2,1H3,(H,23,24)(H,25,28). The molecule has 0 spiro atoms. The molecule has 0 saturated carbocycles. The first kappa shape index (κ1) is 18.6. The van der Waals surface area contributed by atoms with Crippen molar-refractivity contribution in [2.24, 2.45) is 0 Å². The molecule has 2 aromatic heterocycles. The zero-order valence-electron chi connectivity index (χ0n) is 15.6. The van der Waals surface area contributed by atoms with Gasteiger partial charge >= 0.3 is 12.0 Å². The van der Waals surface area contributed by atoms with Crippen molar-refractivity contribution < 1.29 is 18.7 Å². The number of carbonyl (C=O) groups excluding carboxylic acids is 2. The van der Waals surface area contributed by atoms with Crippen LogP contribution in [-0.2, 0) is 11.2 Å². The Balaban J connectivity index is 1.67. The Morgan fingerprint density at radius 1 is 1.28 bits per heavy atom. The number of esters is 1. The van der Waals surface area contributed by atoms with Crippen LogP contribution in [0.25, 0.3) is 0 Å². The molecule has 1 atom stereocenters. The molecule has 8 nitrogen and oxygen atoms in total. The fraction of sp³-hybridized carbons (Fsp3) is 0.200. The van der Waals surface area contributed by atoms with Crippen LogP contribution in [0.3, 0.4) is 0 Å². The number of fused-ring (bicyclic) bond motifs is 1. The monoisotopic (exact) mass is 395 g/mol. The maximum atomic E-state index is 13.6. The molecule has 0 aliphatic carbocycles. The van der Waals surface area contributed by atoms with Crippen LogP contribution in [0, 0.1) is 5.82 Å². The van der Waals surface area contributed by atoms with Crippen molar-refractivity contribution in [2.45, 2.75) is 12.5 Å². The van der Waals surface area contributed by atoms with E-state index in [-0.39, 0.29) is 11.3 Å². The topological polar surface area (TPSA) is 100 Å². The van der Waals surface area contributed by atoms with Crippen molar-refractivity contribution >= 4 is 17.7 Å². The van der Waals surface area contributed by atoms with Gasteiger partial charge in [-0.05, 0) is 30.3 Å². The van der Waals surface area contributed by atoms with E-state index in [1.807, 2.05) is 12.1 Å². The molecule has 3 heterocycles. The van der Waals surface area contributed by atoms with Crippen molar-refractivity contribution in [1.82, 2.24) is 19.9 Å². The molecule has 9 heteroatoms. The first-order chi connectivity index (χ1) is 14.1. The molecule has 1 aromatic carbocycles. The van der Waals surface area contributed by atoms with Crippen molar-refractivity contribution in [3.8, 4) is 0 Å². The summed E-state index contributed by atoms with van der Waals surface area (Å²) in [7, 11) is 1.19. The highest BCUT2D eigenvalue weighted by Gasteiger charge is 2.35. The van der Waals surface area contributed by atoms with Crippen molar-refractivity contribution in [3.05, 3.63) is 77.4 Å². The molecule has 1 unspecified atom stereocenters. The number of imidazole rings is 1. The summed E-state index contributed by atoms with van der Waals surface area (Å²) in [4.78, 5) is 38.6. The summed E-state index contributed by atoms with van der Waals surface area (Å²) in [6, 6.07) is 8.04. The van der Waals surface area contributed by atoms with Crippen LogP contribution in [0.4, 0.5) is 14.9 Å². The Bertz CT molecular complexity index is 1050. The van der Waals surface area contributed by atoms with Crippen LogP contribution in [0.2, 0.25) is 0 Å². The molecular weight excluding hydrogens is 377 g/mol. The summed E-state index contributed by atoms with van der Waals surface area (Å²) in [5.41, 5.74) is 2.44. The first-order valence-corrected chi connectivity index (χ1v) is 8.97. The van der Waals surface area contributed by atoms with Gasteiger partial charge in [0.15, 0.2) is 0 Å². The van der Waals surface area contributed by atoms with Crippen molar-refractivity contribution in [3.63, 3.8) is 0 Å². The summed E-state index contributed by atoms with van der Waals surface area (Å²) in [5.74, 6) is -1.34. The third kappa shape index (κ3) is 3.54. The number of ether oxygens (including phenoxy) is 1. The fourth-order valence-electron chi connectivity index (χ4n) is 3.42. The molecule has 0 radical (unpaired) electrons. The van der Waals surface area contributed by atoms with E-state index in [1.165, 1.54) is 19.2 Å². The van der Waals surface area contributed by atoms with Crippen LogP contribution < -0.4 is 5.32 Å². The number of aromatic amines is 1. The van der Waals surface area contributed by atoms with Gasteiger partial charge in [0.1, 0.15) is 11.9 Å². The van der Waals surface area contributed by atoms with Gasteiger partial charge in [-0.3, -0.25) is 4.98 Å². The number of nitrogens with one attached hydrogen (secondary N) is 2. The number of hydrogen-bond acceptors (Lipinski definition) is 5. The average molecular weight is 395 g/mol. The highest BCUT2D eigenvalue weighted by atomic mass is 19.1. The van der Waals surface area contributed by atoms with Crippen molar-refractivity contribution in [2.75, 3.05) is 19.0 Å². The Morgan fingerprint density at radius 2 is 2.14 bits per heavy atom. The molecule has 0 fully saturated rings. The van der Waals surface area contributed by atoms with Gasteiger partial charge in [0.2, 0.25) is 0 Å². The van der Waals surface area contributed by atoms with Gasteiger partial charge in [-0.2, -0.15) is 0 Å². The maximum Gasteiger partial charge on any atom is 0.340 e. The second kappa shape index (κ2) is 7.70. The molecule has 3 aromatic rings. The third-order valence-corrected chi connectivity index (χ3v) is 4.78. The number of halogens is 1. The number of H-pyrrole nitrogens is 1. The quantitative estimate of drug-likeness (QED) is 0.664. The third-order valence-electron chi connectivity index (χ3n) is 4.78. The average Bonchev–Trinajstić information content (AvgIpc) is 3.23. The summed E-state index contributed by atoms with van der Waals surface area (Å²) >= 11 is 0. The van der Waals surface area contributed by atoms with E-state index >= 15 is 0 Å². The van der Waals surface area contributed by atoms with Crippen LogP contribution in [-0.4, -0.2) is 45.5 Å². The van der Waals surface area contributed by atoms with Gasteiger partial charge in [-0.25, -0.2) is 19.0 Å². The molecule has 2 N–H and O–H groups in total. The maximum absolute atomic E-state index is 13.6. The number of benzene rings is 1. The van der Waals surface area contributed by atoms with Gasteiger partial charge in [-0.15, -0.1) is 0 Å². The van der Waals surface area contributed by atoms with Gasteiger partial charge in [0.25, 0.3) is 0 Å². The minimum atomic E-state index is -0.741. The number of rotatable bonds is 3. The fourth-order valence-corrected chi connectivity index (χ4v) is 3.42. The van der Waals surface area contributed by atoms with E-state index in [4.69, 9.17) is 4.74 Å². The zero-order chi connectivity index (χ0) is 20.4. The molecule has 148 valence electrons. The lowest BCUT2D eigenvalue weighted by Gasteiger charge is -2.34. The number of methoxy groups -OCH3 is 1. The normalized spacial score (nSPS) is 15.5. The summed E-state index contributed by atoms with van der Waals surface area (Å²) in [6.07, 6.45) is 3.85. The number of hydrogen-bond donors (Lipinski definition) is 2. The number of pyridine rings is 1. The van der Waals surface area contributed by atoms with Gasteiger partial charge in [0, 0.05) is 24.9 Å².